The summed E-state index contributed by atoms with van der Waals surface area (Å²) >= 11 is 5.81. The van der Waals surface area contributed by atoms with Crippen molar-refractivity contribution < 1.29 is 17.9 Å². The largest absolute Gasteiger partial charge is 0.496 e. The number of halogens is 1. The van der Waals surface area contributed by atoms with Crippen molar-refractivity contribution in [3.05, 3.63) is 23.8 Å². The first-order valence-electron chi connectivity index (χ1n) is 5.90. The molecule has 106 valence electrons. The van der Waals surface area contributed by atoms with Crippen LogP contribution in [0.3, 0.4) is 0 Å². The molecule has 0 aromatic heterocycles. The maximum absolute atomic E-state index is 12.4. The predicted octanol–water partition coefficient (Wildman–Crippen LogP) is 1.45. The van der Waals surface area contributed by atoms with Crippen LogP contribution in [0, 0.1) is 0 Å². The second-order valence-corrected chi connectivity index (χ2v) is 6.33. The Balaban J connectivity index is 2.34. The van der Waals surface area contributed by atoms with Crippen LogP contribution in [0.25, 0.3) is 0 Å². The highest BCUT2D eigenvalue weighted by molar-refractivity contribution is 7.89. The van der Waals surface area contributed by atoms with Crippen LogP contribution in [0.5, 0.6) is 5.75 Å². The number of hydrogen-bond acceptors (Lipinski definition) is 4. The van der Waals surface area contributed by atoms with E-state index in [0.29, 0.717) is 37.6 Å². The molecule has 1 aromatic rings. The molecule has 0 bridgehead atoms. The summed E-state index contributed by atoms with van der Waals surface area (Å²) in [6.07, 6.45) is 0. The van der Waals surface area contributed by atoms with Crippen molar-refractivity contribution in [3.8, 4) is 5.75 Å². The predicted molar refractivity (Wildman–Crippen MR) is 72.1 cm³/mol. The molecule has 0 saturated carbocycles. The number of rotatable bonds is 4. The third kappa shape index (κ3) is 3.02. The van der Waals surface area contributed by atoms with Gasteiger partial charge in [-0.15, -0.1) is 11.6 Å². The van der Waals surface area contributed by atoms with E-state index in [1.54, 1.807) is 18.2 Å². The third-order valence-electron chi connectivity index (χ3n) is 3.00. The van der Waals surface area contributed by atoms with Crippen LogP contribution in [0.4, 0.5) is 0 Å². The quantitative estimate of drug-likeness (QED) is 0.790. The molecule has 0 amide bonds. The number of benzene rings is 1. The van der Waals surface area contributed by atoms with Gasteiger partial charge in [0.2, 0.25) is 10.0 Å². The average Bonchev–Trinajstić information content (AvgIpc) is 2.47. The molecular weight excluding hydrogens is 290 g/mol. The SMILES string of the molecule is COc1ccc(S(=O)(=O)N2CCOCC2)cc1CCl. The fraction of sp³-hybridized carbons (Fsp3) is 0.500. The second-order valence-electron chi connectivity index (χ2n) is 4.12. The molecule has 7 heteroatoms. The normalized spacial score (nSPS) is 17.4. The Morgan fingerprint density at radius 2 is 2.05 bits per heavy atom. The summed E-state index contributed by atoms with van der Waals surface area (Å²) < 4.78 is 36.6. The Bertz CT molecular complexity index is 541. The van der Waals surface area contributed by atoms with E-state index in [1.165, 1.54) is 11.4 Å². The fourth-order valence-corrected chi connectivity index (χ4v) is 3.62. The highest BCUT2D eigenvalue weighted by atomic mass is 35.5. The van der Waals surface area contributed by atoms with Gasteiger partial charge in [0.25, 0.3) is 0 Å². The van der Waals surface area contributed by atoms with Crippen molar-refractivity contribution in [1.29, 1.82) is 0 Å². The molecular formula is C12H16ClNO4S. The second kappa shape index (κ2) is 6.09. The lowest BCUT2D eigenvalue weighted by atomic mass is 10.2. The van der Waals surface area contributed by atoms with Crippen LogP contribution < -0.4 is 4.74 Å². The molecule has 0 radical (unpaired) electrons. The molecule has 19 heavy (non-hydrogen) atoms. The minimum absolute atomic E-state index is 0.204. The van der Waals surface area contributed by atoms with Crippen LogP contribution in [0.15, 0.2) is 23.1 Å². The van der Waals surface area contributed by atoms with Crippen LogP contribution >= 0.6 is 11.6 Å². The summed E-state index contributed by atoms with van der Waals surface area (Å²) in [5, 5.41) is 0. The highest BCUT2D eigenvalue weighted by Gasteiger charge is 2.26. The van der Waals surface area contributed by atoms with Gasteiger partial charge in [-0.25, -0.2) is 8.42 Å². The van der Waals surface area contributed by atoms with E-state index in [9.17, 15) is 8.42 Å². The fourth-order valence-electron chi connectivity index (χ4n) is 1.96. The van der Waals surface area contributed by atoms with Crippen LogP contribution in [-0.4, -0.2) is 46.1 Å². The Morgan fingerprint density at radius 3 is 2.63 bits per heavy atom. The molecule has 5 nitrogen and oxygen atoms in total. The number of ether oxygens (including phenoxy) is 2. The lowest BCUT2D eigenvalue weighted by Gasteiger charge is -2.26. The number of hydrogen-bond donors (Lipinski definition) is 0. The minimum atomic E-state index is -3.48. The maximum Gasteiger partial charge on any atom is 0.243 e. The topological polar surface area (TPSA) is 55.8 Å². The Kier molecular flexibility index (Phi) is 4.67. The van der Waals surface area contributed by atoms with Gasteiger partial charge in [-0.2, -0.15) is 4.31 Å². The molecule has 1 aliphatic rings. The van der Waals surface area contributed by atoms with Crippen molar-refractivity contribution in [2.75, 3.05) is 33.4 Å². The van der Waals surface area contributed by atoms with Gasteiger partial charge in [-0.05, 0) is 18.2 Å². The Labute approximate surface area is 118 Å². The molecule has 0 atom stereocenters. The minimum Gasteiger partial charge on any atom is -0.496 e. The molecule has 1 heterocycles. The summed E-state index contributed by atoms with van der Waals surface area (Å²) in [4.78, 5) is 0.242. The molecule has 0 spiro atoms. The number of sulfonamides is 1. The Hall–Kier alpha value is -0.820. The zero-order valence-corrected chi connectivity index (χ0v) is 12.2. The van der Waals surface area contributed by atoms with E-state index >= 15 is 0 Å². The lowest BCUT2D eigenvalue weighted by Crippen LogP contribution is -2.40. The number of morpholine rings is 1. The molecule has 1 fully saturated rings. The standard InChI is InChI=1S/C12H16ClNO4S/c1-17-12-3-2-11(8-10(12)9-13)19(15,16)14-4-6-18-7-5-14/h2-3,8H,4-7,9H2,1H3. The summed E-state index contributed by atoms with van der Waals surface area (Å²) in [6, 6.07) is 4.74. The Morgan fingerprint density at radius 1 is 1.37 bits per heavy atom. The molecule has 1 aliphatic heterocycles. The van der Waals surface area contributed by atoms with E-state index in [2.05, 4.69) is 0 Å². The third-order valence-corrected chi connectivity index (χ3v) is 5.19. The monoisotopic (exact) mass is 305 g/mol. The smallest absolute Gasteiger partial charge is 0.243 e. The average molecular weight is 306 g/mol. The van der Waals surface area contributed by atoms with Crippen LogP contribution in [-0.2, 0) is 20.6 Å². The van der Waals surface area contributed by atoms with Crippen LogP contribution in [0.2, 0.25) is 0 Å². The first-order valence-corrected chi connectivity index (χ1v) is 7.88. The zero-order chi connectivity index (χ0) is 13.9. The molecule has 1 saturated heterocycles. The van der Waals surface area contributed by atoms with Crippen molar-refractivity contribution in [1.82, 2.24) is 4.31 Å². The molecule has 2 rings (SSSR count). The van der Waals surface area contributed by atoms with E-state index in [-0.39, 0.29) is 10.8 Å². The number of alkyl halides is 1. The summed E-state index contributed by atoms with van der Waals surface area (Å²) in [7, 11) is -1.95. The number of methoxy groups -OCH3 is 1. The van der Waals surface area contributed by atoms with E-state index in [0.717, 1.165) is 0 Å². The first-order chi connectivity index (χ1) is 9.09. The first kappa shape index (κ1) is 14.6. The van der Waals surface area contributed by atoms with Crippen molar-refractivity contribution in [2.45, 2.75) is 10.8 Å². The van der Waals surface area contributed by atoms with Gasteiger partial charge < -0.3 is 9.47 Å². The summed E-state index contributed by atoms with van der Waals surface area (Å²) in [5.41, 5.74) is 0.665. The van der Waals surface area contributed by atoms with Gasteiger partial charge in [0, 0.05) is 18.7 Å². The van der Waals surface area contributed by atoms with Crippen LogP contribution in [0.1, 0.15) is 5.56 Å². The molecule has 1 aromatic carbocycles. The van der Waals surface area contributed by atoms with Gasteiger partial charge in [0.1, 0.15) is 5.75 Å². The van der Waals surface area contributed by atoms with E-state index in [4.69, 9.17) is 21.1 Å². The molecule has 0 aliphatic carbocycles. The molecule has 0 N–H and O–H groups in total. The van der Waals surface area contributed by atoms with Crippen molar-refractivity contribution in [3.63, 3.8) is 0 Å². The maximum atomic E-state index is 12.4. The van der Waals surface area contributed by atoms with E-state index in [1.807, 2.05) is 0 Å². The highest BCUT2D eigenvalue weighted by Crippen LogP contribution is 2.26. The van der Waals surface area contributed by atoms with Gasteiger partial charge in [0.15, 0.2) is 0 Å². The molecule has 0 unspecified atom stereocenters. The van der Waals surface area contributed by atoms with Gasteiger partial charge in [0.05, 0.1) is 31.1 Å². The van der Waals surface area contributed by atoms with Crippen molar-refractivity contribution in [2.24, 2.45) is 0 Å². The zero-order valence-electron chi connectivity index (χ0n) is 10.6. The summed E-state index contributed by atoms with van der Waals surface area (Å²) in [5.74, 6) is 0.797. The van der Waals surface area contributed by atoms with E-state index < -0.39 is 10.0 Å². The van der Waals surface area contributed by atoms with Gasteiger partial charge in [-0.1, -0.05) is 0 Å². The summed E-state index contributed by atoms with van der Waals surface area (Å²) in [6.45, 7) is 1.62. The van der Waals surface area contributed by atoms with Gasteiger partial charge in [-0.3, -0.25) is 0 Å². The van der Waals surface area contributed by atoms with Crippen molar-refractivity contribution >= 4 is 21.6 Å². The lowest BCUT2D eigenvalue weighted by molar-refractivity contribution is 0.0730. The number of nitrogens with zero attached hydrogens (tertiary/aromatic N) is 1. The van der Waals surface area contributed by atoms with Gasteiger partial charge >= 0.3 is 0 Å².